The molecule has 3 nitrogen and oxygen atoms in total. The van der Waals surface area contributed by atoms with Crippen LogP contribution in [0.3, 0.4) is 0 Å². The van der Waals surface area contributed by atoms with E-state index >= 15 is 0 Å². The number of hydrogen-bond donors (Lipinski definition) is 1. The van der Waals surface area contributed by atoms with Gasteiger partial charge in [-0.15, -0.1) is 0 Å². The Hall–Kier alpha value is -1.68. The molecule has 1 aliphatic heterocycles. The number of aliphatic hydroxyl groups is 1. The van der Waals surface area contributed by atoms with Gasteiger partial charge in [0.2, 0.25) is 0 Å². The molecule has 0 aliphatic carbocycles. The monoisotopic (exact) mass is 437 g/mol. The summed E-state index contributed by atoms with van der Waals surface area (Å²) in [5.41, 5.74) is 4.06. The summed E-state index contributed by atoms with van der Waals surface area (Å²) in [6.07, 6.45) is 2.30. The van der Waals surface area contributed by atoms with Gasteiger partial charge in [0, 0.05) is 26.1 Å². The Morgan fingerprint density at radius 3 is 1.91 bits per heavy atom. The van der Waals surface area contributed by atoms with Gasteiger partial charge in [-0.1, -0.05) is 76.2 Å². The fraction of sp³-hybridized carbons (Fsp3) is 0.586. The molecule has 2 aromatic carbocycles. The molecule has 176 valence electrons. The Balaban J connectivity index is 1.57. The molecule has 1 saturated heterocycles. The lowest BCUT2D eigenvalue weighted by Gasteiger charge is -2.36. The number of hydrogen-bond acceptors (Lipinski definition) is 3. The summed E-state index contributed by atoms with van der Waals surface area (Å²) in [6, 6.07) is 17.3. The molecular weight excluding hydrogens is 394 g/mol. The van der Waals surface area contributed by atoms with Gasteiger partial charge in [-0.25, -0.2) is 0 Å². The van der Waals surface area contributed by atoms with Gasteiger partial charge < -0.3 is 9.84 Å². The second-order valence-electron chi connectivity index (χ2n) is 11.4. The topological polar surface area (TPSA) is 32.7 Å². The van der Waals surface area contributed by atoms with Crippen molar-refractivity contribution >= 4 is 0 Å². The van der Waals surface area contributed by atoms with E-state index in [0.717, 1.165) is 37.2 Å². The van der Waals surface area contributed by atoms with Gasteiger partial charge in [0.05, 0.1) is 17.8 Å². The molecule has 1 heterocycles. The summed E-state index contributed by atoms with van der Waals surface area (Å²) in [5.74, 6) is 0.584. The van der Waals surface area contributed by atoms with Crippen LogP contribution in [0.4, 0.5) is 0 Å². The average molecular weight is 438 g/mol. The van der Waals surface area contributed by atoms with Gasteiger partial charge in [0.1, 0.15) is 0 Å². The van der Waals surface area contributed by atoms with E-state index in [1.54, 1.807) is 0 Å². The second kappa shape index (κ2) is 10.1. The first-order valence-electron chi connectivity index (χ1n) is 12.2. The summed E-state index contributed by atoms with van der Waals surface area (Å²) in [5, 5.41) is 11.2. The van der Waals surface area contributed by atoms with E-state index in [1.807, 2.05) is 6.92 Å². The summed E-state index contributed by atoms with van der Waals surface area (Å²) >= 11 is 0. The zero-order valence-electron chi connectivity index (χ0n) is 21.2. The number of ether oxygens (including phenoxy) is 1. The van der Waals surface area contributed by atoms with Crippen molar-refractivity contribution in [1.29, 1.82) is 0 Å². The molecule has 4 atom stereocenters. The number of benzene rings is 2. The lowest BCUT2D eigenvalue weighted by molar-refractivity contribution is -0.0708. The van der Waals surface area contributed by atoms with Crippen LogP contribution in [0.1, 0.15) is 70.7 Å². The van der Waals surface area contributed by atoms with Crippen molar-refractivity contribution in [2.75, 3.05) is 19.6 Å². The SMILES string of the molecule is CC(Cc1ccc(C(C)(O)Cc2ccc(C(C)(C)C)cc2)cc1)CN1C[C@@H](C)O[C@@H](C)C1. The highest BCUT2D eigenvalue weighted by Gasteiger charge is 2.25. The molecule has 1 N–H and O–H groups in total. The van der Waals surface area contributed by atoms with Crippen molar-refractivity contribution in [1.82, 2.24) is 4.90 Å². The quantitative estimate of drug-likeness (QED) is 0.601. The minimum atomic E-state index is -0.881. The van der Waals surface area contributed by atoms with Crippen molar-refractivity contribution in [3.63, 3.8) is 0 Å². The summed E-state index contributed by atoms with van der Waals surface area (Å²) in [6.45, 7) is 18.4. The molecule has 2 aromatic rings. The summed E-state index contributed by atoms with van der Waals surface area (Å²) in [7, 11) is 0. The highest BCUT2D eigenvalue weighted by atomic mass is 16.5. The van der Waals surface area contributed by atoms with Crippen LogP contribution >= 0.6 is 0 Å². The Kier molecular flexibility index (Phi) is 7.85. The minimum Gasteiger partial charge on any atom is -0.385 e. The summed E-state index contributed by atoms with van der Waals surface area (Å²) in [4.78, 5) is 2.54. The first-order chi connectivity index (χ1) is 14.9. The molecule has 32 heavy (non-hydrogen) atoms. The van der Waals surface area contributed by atoms with Gasteiger partial charge in [-0.3, -0.25) is 4.90 Å². The third-order valence-corrected chi connectivity index (χ3v) is 6.59. The van der Waals surface area contributed by atoms with E-state index in [1.165, 1.54) is 11.1 Å². The molecule has 0 spiro atoms. The maximum absolute atomic E-state index is 11.2. The minimum absolute atomic E-state index is 0.145. The van der Waals surface area contributed by atoms with Crippen molar-refractivity contribution in [3.05, 3.63) is 70.8 Å². The molecule has 1 fully saturated rings. The number of morpholine rings is 1. The molecule has 3 heteroatoms. The van der Waals surface area contributed by atoms with Crippen molar-refractivity contribution in [2.24, 2.45) is 5.92 Å². The molecule has 0 radical (unpaired) electrons. The van der Waals surface area contributed by atoms with Crippen molar-refractivity contribution in [3.8, 4) is 0 Å². The van der Waals surface area contributed by atoms with Crippen LogP contribution in [0.2, 0.25) is 0 Å². The number of nitrogens with zero attached hydrogens (tertiary/aromatic N) is 1. The maximum Gasteiger partial charge on any atom is 0.0908 e. The Bertz CT molecular complexity index is 838. The third-order valence-electron chi connectivity index (χ3n) is 6.59. The van der Waals surface area contributed by atoms with E-state index in [9.17, 15) is 5.11 Å². The molecule has 0 bridgehead atoms. The largest absolute Gasteiger partial charge is 0.385 e. The molecule has 0 aromatic heterocycles. The smallest absolute Gasteiger partial charge is 0.0908 e. The van der Waals surface area contributed by atoms with E-state index < -0.39 is 5.60 Å². The molecular formula is C29H43NO2. The van der Waals surface area contributed by atoms with Crippen LogP contribution in [-0.4, -0.2) is 41.8 Å². The third kappa shape index (κ3) is 6.91. The lowest BCUT2D eigenvalue weighted by atomic mass is 9.84. The Labute approximate surface area is 195 Å². The zero-order chi connectivity index (χ0) is 23.5. The predicted octanol–water partition coefficient (Wildman–Crippen LogP) is 5.72. The predicted molar refractivity (Wildman–Crippen MR) is 134 cm³/mol. The first-order valence-corrected chi connectivity index (χ1v) is 12.2. The van der Waals surface area contributed by atoms with E-state index in [0.29, 0.717) is 24.5 Å². The van der Waals surface area contributed by atoms with Crippen LogP contribution in [-0.2, 0) is 28.6 Å². The van der Waals surface area contributed by atoms with Crippen LogP contribution in [0.25, 0.3) is 0 Å². The standard InChI is InChI=1S/C29H43NO2/c1-21(18-30-19-22(2)32-23(3)20-30)16-24-8-14-27(15-9-24)29(7,31)17-25-10-12-26(13-11-25)28(4,5)6/h8-15,21-23,31H,16-20H2,1-7H3/t21?,22-,23+,29?. The fourth-order valence-corrected chi connectivity index (χ4v) is 4.96. The molecule has 0 saturated carbocycles. The average Bonchev–Trinajstić information content (AvgIpc) is 2.67. The van der Waals surface area contributed by atoms with Crippen LogP contribution in [0.15, 0.2) is 48.5 Å². The van der Waals surface area contributed by atoms with Crippen molar-refractivity contribution in [2.45, 2.75) is 84.5 Å². The zero-order valence-corrected chi connectivity index (χ0v) is 21.2. The Morgan fingerprint density at radius 2 is 1.38 bits per heavy atom. The molecule has 2 unspecified atom stereocenters. The lowest BCUT2D eigenvalue weighted by Crippen LogP contribution is -2.47. The van der Waals surface area contributed by atoms with Gasteiger partial charge in [0.25, 0.3) is 0 Å². The van der Waals surface area contributed by atoms with E-state index in [4.69, 9.17) is 4.74 Å². The van der Waals surface area contributed by atoms with Gasteiger partial charge >= 0.3 is 0 Å². The Morgan fingerprint density at radius 1 is 0.875 bits per heavy atom. The fourth-order valence-electron chi connectivity index (χ4n) is 4.96. The normalized spacial score (nSPS) is 23.0. The van der Waals surface area contributed by atoms with E-state index in [2.05, 4.69) is 95.0 Å². The molecule has 0 amide bonds. The van der Waals surface area contributed by atoms with E-state index in [-0.39, 0.29) is 5.41 Å². The molecule has 3 rings (SSSR count). The highest BCUT2D eigenvalue weighted by Crippen LogP contribution is 2.28. The van der Waals surface area contributed by atoms with Gasteiger partial charge in [-0.2, -0.15) is 0 Å². The van der Waals surface area contributed by atoms with Crippen LogP contribution < -0.4 is 0 Å². The van der Waals surface area contributed by atoms with Gasteiger partial charge in [0.15, 0.2) is 0 Å². The summed E-state index contributed by atoms with van der Waals surface area (Å²) < 4.78 is 5.86. The highest BCUT2D eigenvalue weighted by molar-refractivity contribution is 5.32. The maximum atomic E-state index is 11.2. The number of rotatable bonds is 7. The molecule has 1 aliphatic rings. The van der Waals surface area contributed by atoms with Crippen molar-refractivity contribution < 1.29 is 9.84 Å². The van der Waals surface area contributed by atoms with Crippen LogP contribution in [0.5, 0.6) is 0 Å². The van der Waals surface area contributed by atoms with Gasteiger partial charge in [-0.05, 0) is 60.8 Å². The second-order valence-corrected chi connectivity index (χ2v) is 11.4. The first kappa shape index (κ1) is 25.0. The van der Waals surface area contributed by atoms with Crippen LogP contribution in [0, 0.1) is 5.92 Å².